The van der Waals surface area contributed by atoms with Gasteiger partial charge in [-0.05, 0) is 24.1 Å². The highest BCUT2D eigenvalue weighted by Gasteiger charge is 2.45. The van der Waals surface area contributed by atoms with Gasteiger partial charge in [0.2, 0.25) is 0 Å². The number of hydrogen-bond acceptors (Lipinski definition) is 7. The Morgan fingerprint density at radius 1 is 1.22 bits per heavy atom. The number of aliphatic hydroxyl groups is 4. The third kappa shape index (κ3) is 3.82. The van der Waals surface area contributed by atoms with E-state index in [-0.39, 0.29) is 0 Å². The van der Waals surface area contributed by atoms with E-state index in [0.29, 0.717) is 17.9 Å². The van der Waals surface area contributed by atoms with Gasteiger partial charge in [-0.1, -0.05) is 12.1 Å². The SMILES string of the molecule is C=CCc1ccc(OC2C(CO)OC(O)C(O)C2O)c(OC)c1. The van der Waals surface area contributed by atoms with Gasteiger partial charge in [0, 0.05) is 0 Å². The van der Waals surface area contributed by atoms with Crippen molar-refractivity contribution in [3.8, 4) is 11.5 Å². The fourth-order valence-corrected chi connectivity index (χ4v) is 2.46. The van der Waals surface area contributed by atoms with E-state index < -0.39 is 37.3 Å². The second-order valence-corrected chi connectivity index (χ2v) is 5.29. The fourth-order valence-electron chi connectivity index (χ4n) is 2.46. The highest BCUT2D eigenvalue weighted by molar-refractivity contribution is 5.43. The number of methoxy groups -OCH3 is 1. The molecule has 0 aliphatic carbocycles. The second kappa shape index (κ2) is 7.76. The van der Waals surface area contributed by atoms with Crippen LogP contribution < -0.4 is 9.47 Å². The fraction of sp³-hybridized carbons (Fsp3) is 0.500. The summed E-state index contributed by atoms with van der Waals surface area (Å²) in [6.07, 6.45) is -4.16. The Morgan fingerprint density at radius 2 is 1.96 bits per heavy atom. The number of hydrogen-bond donors (Lipinski definition) is 4. The zero-order valence-electron chi connectivity index (χ0n) is 12.8. The molecule has 7 nitrogen and oxygen atoms in total. The van der Waals surface area contributed by atoms with E-state index in [4.69, 9.17) is 14.2 Å². The van der Waals surface area contributed by atoms with Crippen LogP contribution in [0.5, 0.6) is 11.5 Å². The first-order valence-corrected chi connectivity index (χ1v) is 7.26. The molecule has 1 aromatic rings. The van der Waals surface area contributed by atoms with Crippen molar-refractivity contribution in [2.24, 2.45) is 0 Å². The molecule has 5 unspecified atom stereocenters. The molecule has 0 radical (unpaired) electrons. The molecule has 0 aromatic heterocycles. The zero-order valence-corrected chi connectivity index (χ0v) is 12.8. The van der Waals surface area contributed by atoms with Crippen molar-refractivity contribution in [3.05, 3.63) is 36.4 Å². The van der Waals surface area contributed by atoms with Crippen molar-refractivity contribution in [2.45, 2.75) is 37.1 Å². The van der Waals surface area contributed by atoms with Gasteiger partial charge in [0.25, 0.3) is 0 Å². The minimum atomic E-state index is -1.58. The topological polar surface area (TPSA) is 109 Å². The van der Waals surface area contributed by atoms with Gasteiger partial charge in [-0.25, -0.2) is 0 Å². The Kier molecular flexibility index (Phi) is 5.97. The van der Waals surface area contributed by atoms with Crippen molar-refractivity contribution in [3.63, 3.8) is 0 Å². The minimum absolute atomic E-state index is 0.329. The van der Waals surface area contributed by atoms with Crippen molar-refractivity contribution in [1.82, 2.24) is 0 Å². The van der Waals surface area contributed by atoms with Crippen molar-refractivity contribution >= 4 is 0 Å². The Labute approximate surface area is 134 Å². The summed E-state index contributed by atoms with van der Waals surface area (Å²) in [6.45, 7) is 3.19. The molecule has 0 amide bonds. The highest BCUT2D eigenvalue weighted by atomic mass is 16.7. The van der Waals surface area contributed by atoms with Crippen LogP contribution in [-0.2, 0) is 11.2 Å². The first-order valence-electron chi connectivity index (χ1n) is 7.26. The summed E-state index contributed by atoms with van der Waals surface area (Å²) in [5.41, 5.74) is 0.971. The van der Waals surface area contributed by atoms with E-state index in [9.17, 15) is 20.4 Å². The minimum Gasteiger partial charge on any atom is -0.493 e. The maximum absolute atomic E-state index is 10.1. The molecule has 1 aliphatic rings. The predicted octanol–water partition coefficient (Wildman–Crippen LogP) is -0.398. The van der Waals surface area contributed by atoms with Crippen LogP contribution in [0.25, 0.3) is 0 Å². The summed E-state index contributed by atoms with van der Waals surface area (Å²) in [4.78, 5) is 0. The third-order valence-corrected chi connectivity index (χ3v) is 3.71. The third-order valence-electron chi connectivity index (χ3n) is 3.71. The first-order chi connectivity index (χ1) is 11.0. The Morgan fingerprint density at radius 3 is 2.57 bits per heavy atom. The molecule has 1 aliphatic heterocycles. The Hall–Kier alpha value is -1.64. The Balaban J connectivity index is 2.23. The van der Waals surface area contributed by atoms with Crippen molar-refractivity contribution in [1.29, 1.82) is 0 Å². The van der Waals surface area contributed by atoms with Gasteiger partial charge in [-0.2, -0.15) is 0 Å². The van der Waals surface area contributed by atoms with Gasteiger partial charge in [0.05, 0.1) is 13.7 Å². The van der Waals surface area contributed by atoms with Crippen LogP contribution in [0.3, 0.4) is 0 Å². The second-order valence-electron chi connectivity index (χ2n) is 5.29. The van der Waals surface area contributed by atoms with Crippen LogP contribution in [0.2, 0.25) is 0 Å². The molecule has 2 rings (SSSR count). The zero-order chi connectivity index (χ0) is 17.0. The normalized spacial score (nSPS) is 30.7. The quantitative estimate of drug-likeness (QED) is 0.527. The predicted molar refractivity (Wildman–Crippen MR) is 81.3 cm³/mol. The number of benzene rings is 1. The van der Waals surface area contributed by atoms with Crippen molar-refractivity contribution < 1.29 is 34.6 Å². The summed E-state index contributed by atoms with van der Waals surface area (Å²) in [7, 11) is 1.48. The summed E-state index contributed by atoms with van der Waals surface area (Å²) in [5.74, 6) is 0.767. The average Bonchev–Trinajstić information content (AvgIpc) is 2.56. The van der Waals surface area contributed by atoms with Crippen LogP contribution in [-0.4, -0.2) is 64.8 Å². The van der Waals surface area contributed by atoms with Crippen LogP contribution >= 0.6 is 0 Å². The maximum Gasteiger partial charge on any atom is 0.184 e. The largest absolute Gasteiger partial charge is 0.493 e. The van der Waals surface area contributed by atoms with Gasteiger partial charge in [0.15, 0.2) is 23.9 Å². The molecule has 0 spiro atoms. The lowest BCUT2D eigenvalue weighted by atomic mass is 9.99. The summed E-state index contributed by atoms with van der Waals surface area (Å²) in [6, 6.07) is 5.25. The molecule has 7 heteroatoms. The molecular formula is C16H22O7. The molecule has 0 bridgehead atoms. The molecule has 4 N–H and O–H groups in total. The number of ether oxygens (including phenoxy) is 3. The van der Waals surface area contributed by atoms with E-state index in [1.54, 1.807) is 18.2 Å². The van der Waals surface area contributed by atoms with E-state index in [1.807, 2.05) is 6.07 Å². The van der Waals surface area contributed by atoms with E-state index in [0.717, 1.165) is 5.56 Å². The van der Waals surface area contributed by atoms with Gasteiger partial charge >= 0.3 is 0 Å². The molecular weight excluding hydrogens is 304 g/mol. The van der Waals surface area contributed by atoms with Crippen LogP contribution in [0, 0.1) is 0 Å². The van der Waals surface area contributed by atoms with Crippen LogP contribution in [0.4, 0.5) is 0 Å². The van der Waals surface area contributed by atoms with Gasteiger partial charge in [-0.15, -0.1) is 6.58 Å². The molecule has 5 atom stereocenters. The summed E-state index contributed by atoms with van der Waals surface area (Å²) >= 11 is 0. The van der Waals surface area contributed by atoms with Crippen LogP contribution in [0.15, 0.2) is 30.9 Å². The van der Waals surface area contributed by atoms with Crippen LogP contribution in [0.1, 0.15) is 5.56 Å². The molecule has 1 heterocycles. The first kappa shape index (κ1) is 17.7. The molecule has 1 saturated heterocycles. The average molecular weight is 326 g/mol. The van der Waals surface area contributed by atoms with Crippen molar-refractivity contribution in [2.75, 3.05) is 13.7 Å². The van der Waals surface area contributed by atoms with E-state index >= 15 is 0 Å². The number of allylic oxidation sites excluding steroid dienone is 1. The molecule has 1 fully saturated rings. The van der Waals surface area contributed by atoms with E-state index in [1.165, 1.54) is 7.11 Å². The summed E-state index contributed by atoms with van der Waals surface area (Å²) < 4.78 is 16.0. The lowest BCUT2D eigenvalue weighted by Crippen LogP contribution is -2.60. The van der Waals surface area contributed by atoms with Gasteiger partial charge < -0.3 is 34.6 Å². The molecule has 1 aromatic carbocycles. The molecule has 0 saturated carbocycles. The summed E-state index contributed by atoms with van der Waals surface area (Å²) in [5, 5.41) is 38.7. The standard InChI is InChI=1S/C16H22O7/c1-3-4-9-5-6-10(11(7-9)21-2)22-15-12(8-17)23-16(20)14(19)13(15)18/h3,5-7,12-20H,1,4,8H2,2H3. The van der Waals surface area contributed by atoms with Gasteiger partial charge in [0.1, 0.15) is 18.3 Å². The highest BCUT2D eigenvalue weighted by Crippen LogP contribution is 2.32. The maximum atomic E-state index is 10.1. The molecule has 128 valence electrons. The van der Waals surface area contributed by atoms with E-state index in [2.05, 4.69) is 6.58 Å². The van der Waals surface area contributed by atoms with Gasteiger partial charge in [-0.3, -0.25) is 0 Å². The number of aliphatic hydroxyl groups excluding tert-OH is 4. The number of rotatable bonds is 6. The Bertz CT molecular complexity index is 531. The molecule has 23 heavy (non-hydrogen) atoms. The monoisotopic (exact) mass is 326 g/mol. The smallest absolute Gasteiger partial charge is 0.184 e. The lowest BCUT2D eigenvalue weighted by Gasteiger charge is -2.40. The lowest BCUT2D eigenvalue weighted by molar-refractivity contribution is -0.282.